The summed E-state index contributed by atoms with van der Waals surface area (Å²) in [4.78, 5) is 0. The van der Waals surface area contributed by atoms with E-state index in [-0.39, 0.29) is 0 Å². The second-order valence-electron chi connectivity index (χ2n) is 6.19. The van der Waals surface area contributed by atoms with Crippen molar-refractivity contribution in [1.82, 2.24) is 0 Å². The number of anilines is 1. The highest BCUT2D eigenvalue weighted by molar-refractivity contribution is 5.97. The Bertz CT molecular complexity index is 661. The first-order valence-electron chi connectivity index (χ1n) is 7.38. The van der Waals surface area contributed by atoms with Gasteiger partial charge in [-0.3, -0.25) is 0 Å². The van der Waals surface area contributed by atoms with Crippen LogP contribution in [0.3, 0.4) is 0 Å². The van der Waals surface area contributed by atoms with Gasteiger partial charge in [-0.25, -0.2) is 0 Å². The topological polar surface area (TPSA) is 35.8 Å². The Morgan fingerprint density at radius 3 is 2.50 bits per heavy atom. The molecule has 2 aromatic carbocycles. The van der Waals surface area contributed by atoms with Crippen LogP contribution < -0.4 is 5.32 Å². The predicted octanol–water partition coefficient (Wildman–Crippen LogP) is 4.70. The first-order valence-corrected chi connectivity index (χ1v) is 7.38. The Kier molecular flexibility index (Phi) is 3.36. The standard InChI is InChI=1S/C18H20N2/c1-18(10-4-5-11-18)13-20-17-9-8-14(12-19)15-6-2-3-7-16(15)17/h2-3,6-9,20H,4-5,10-11,13H2,1H3. The summed E-state index contributed by atoms with van der Waals surface area (Å²) in [5, 5.41) is 15.0. The lowest BCUT2D eigenvalue weighted by atomic mass is 9.88. The number of nitriles is 1. The zero-order valence-electron chi connectivity index (χ0n) is 11.9. The van der Waals surface area contributed by atoms with E-state index in [0.29, 0.717) is 5.41 Å². The largest absolute Gasteiger partial charge is 0.384 e. The summed E-state index contributed by atoms with van der Waals surface area (Å²) in [5.41, 5.74) is 2.32. The zero-order chi connectivity index (χ0) is 14.0. The van der Waals surface area contributed by atoms with E-state index in [0.717, 1.165) is 28.6 Å². The van der Waals surface area contributed by atoms with Crippen LogP contribution in [0.1, 0.15) is 38.2 Å². The molecule has 0 amide bonds. The van der Waals surface area contributed by atoms with E-state index in [9.17, 15) is 5.26 Å². The van der Waals surface area contributed by atoms with Crippen LogP contribution >= 0.6 is 0 Å². The molecule has 2 heteroatoms. The molecule has 0 spiro atoms. The van der Waals surface area contributed by atoms with Crippen LogP contribution in [0.15, 0.2) is 36.4 Å². The highest BCUT2D eigenvalue weighted by Crippen LogP contribution is 2.38. The molecule has 102 valence electrons. The lowest BCUT2D eigenvalue weighted by molar-refractivity contribution is 0.362. The average Bonchev–Trinajstić information content (AvgIpc) is 2.92. The molecule has 0 aromatic heterocycles. The summed E-state index contributed by atoms with van der Waals surface area (Å²) in [6.45, 7) is 3.39. The molecule has 2 nitrogen and oxygen atoms in total. The molecule has 0 heterocycles. The van der Waals surface area contributed by atoms with E-state index in [1.165, 1.54) is 25.7 Å². The van der Waals surface area contributed by atoms with Crippen molar-refractivity contribution in [3.05, 3.63) is 42.0 Å². The van der Waals surface area contributed by atoms with Gasteiger partial charge in [0.2, 0.25) is 0 Å². The van der Waals surface area contributed by atoms with Crippen molar-refractivity contribution in [1.29, 1.82) is 5.26 Å². The smallest absolute Gasteiger partial charge is 0.0998 e. The maximum Gasteiger partial charge on any atom is 0.0998 e. The lowest BCUT2D eigenvalue weighted by Gasteiger charge is -2.25. The molecular formula is C18H20N2. The lowest BCUT2D eigenvalue weighted by Crippen LogP contribution is -2.23. The van der Waals surface area contributed by atoms with Crippen molar-refractivity contribution in [2.24, 2.45) is 5.41 Å². The van der Waals surface area contributed by atoms with E-state index < -0.39 is 0 Å². The molecule has 1 fully saturated rings. The fourth-order valence-electron chi connectivity index (χ4n) is 3.26. The molecule has 0 bridgehead atoms. The first kappa shape index (κ1) is 13.0. The minimum atomic E-state index is 0.426. The highest BCUT2D eigenvalue weighted by atomic mass is 14.9. The molecule has 1 aliphatic carbocycles. The van der Waals surface area contributed by atoms with Gasteiger partial charge in [0.15, 0.2) is 0 Å². The molecule has 1 N–H and O–H groups in total. The Morgan fingerprint density at radius 1 is 1.10 bits per heavy atom. The van der Waals surface area contributed by atoms with Crippen molar-refractivity contribution >= 4 is 16.5 Å². The zero-order valence-corrected chi connectivity index (χ0v) is 11.9. The van der Waals surface area contributed by atoms with Crippen LogP contribution in [0, 0.1) is 16.7 Å². The van der Waals surface area contributed by atoms with E-state index in [1.54, 1.807) is 0 Å². The van der Waals surface area contributed by atoms with Crippen LogP contribution in [0.25, 0.3) is 10.8 Å². The van der Waals surface area contributed by atoms with Crippen LogP contribution in [0.5, 0.6) is 0 Å². The third-order valence-electron chi connectivity index (χ3n) is 4.56. The van der Waals surface area contributed by atoms with Gasteiger partial charge in [0.1, 0.15) is 0 Å². The van der Waals surface area contributed by atoms with Crippen molar-refractivity contribution < 1.29 is 0 Å². The molecule has 0 atom stereocenters. The number of fused-ring (bicyclic) bond motifs is 1. The van der Waals surface area contributed by atoms with Gasteiger partial charge >= 0.3 is 0 Å². The minimum Gasteiger partial charge on any atom is -0.384 e. The van der Waals surface area contributed by atoms with Crippen LogP contribution in [-0.4, -0.2) is 6.54 Å². The first-order chi connectivity index (χ1) is 9.72. The van der Waals surface area contributed by atoms with Crippen molar-refractivity contribution in [3.63, 3.8) is 0 Å². The molecule has 1 saturated carbocycles. The summed E-state index contributed by atoms with van der Waals surface area (Å²) in [7, 11) is 0. The number of hydrogen-bond donors (Lipinski definition) is 1. The van der Waals surface area contributed by atoms with E-state index in [1.807, 2.05) is 30.3 Å². The fraction of sp³-hybridized carbons (Fsp3) is 0.389. The molecule has 0 unspecified atom stereocenters. The van der Waals surface area contributed by atoms with E-state index in [2.05, 4.69) is 24.4 Å². The molecule has 20 heavy (non-hydrogen) atoms. The third-order valence-corrected chi connectivity index (χ3v) is 4.56. The normalized spacial score (nSPS) is 17.0. The van der Waals surface area contributed by atoms with E-state index in [4.69, 9.17) is 0 Å². The Hall–Kier alpha value is -2.01. The van der Waals surface area contributed by atoms with Gasteiger partial charge in [-0.1, -0.05) is 44.0 Å². The maximum absolute atomic E-state index is 9.20. The maximum atomic E-state index is 9.20. The monoisotopic (exact) mass is 264 g/mol. The van der Waals surface area contributed by atoms with Gasteiger partial charge < -0.3 is 5.32 Å². The molecule has 0 radical (unpaired) electrons. The molecule has 3 rings (SSSR count). The van der Waals surface area contributed by atoms with Gasteiger partial charge in [-0.15, -0.1) is 0 Å². The Morgan fingerprint density at radius 2 is 1.80 bits per heavy atom. The van der Waals surface area contributed by atoms with Gasteiger partial charge in [0, 0.05) is 23.0 Å². The number of benzene rings is 2. The highest BCUT2D eigenvalue weighted by Gasteiger charge is 2.28. The van der Waals surface area contributed by atoms with Gasteiger partial charge in [0.25, 0.3) is 0 Å². The molecular weight excluding hydrogens is 244 g/mol. The summed E-state index contributed by atoms with van der Waals surface area (Å²) in [5.74, 6) is 0. The van der Waals surface area contributed by atoms with Gasteiger partial charge in [-0.05, 0) is 30.4 Å². The van der Waals surface area contributed by atoms with Crippen molar-refractivity contribution in [3.8, 4) is 6.07 Å². The van der Waals surface area contributed by atoms with Crippen molar-refractivity contribution in [2.45, 2.75) is 32.6 Å². The predicted molar refractivity (Wildman–Crippen MR) is 83.7 cm³/mol. The Balaban J connectivity index is 1.91. The van der Waals surface area contributed by atoms with Gasteiger partial charge in [0.05, 0.1) is 11.6 Å². The summed E-state index contributed by atoms with van der Waals surface area (Å²) in [6.07, 6.45) is 5.33. The Labute approximate surface area is 120 Å². The number of rotatable bonds is 3. The molecule has 0 aliphatic heterocycles. The number of nitrogens with zero attached hydrogens (tertiary/aromatic N) is 1. The summed E-state index contributed by atoms with van der Waals surface area (Å²) in [6, 6.07) is 14.4. The number of hydrogen-bond acceptors (Lipinski definition) is 2. The second-order valence-corrected chi connectivity index (χ2v) is 6.19. The second kappa shape index (κ2) is 5.17. The minimum absolute atomic E-state index is 0.426. The third kappa shape index (κ3) is 2.36. The van der Waals surface area contributed by atoms with Gasteiger partial charge in [-0.2, -0.15) is 5.26 Å². The summed E-state index contributed by atoms with van der Waals surface area (Å²) >= 11 is 0. The quantitative estimate of drug-likeness (QED) is 0.872. The van der Waals surface area contributed by atoms with Crippen molar-refractivity contribution in [2.75, 3.05) is 11.9 Å². The summed E-state index contributed by atoms with van der Waals surface area (Å²) < 4.78 is 0. The van der Waals surface area contributed by atoms with E-state index >= 15 is 0 Å². The number of nitrogens with one attached hydrogen (secondary N) is 1. The molecule has 2 aromatic rings. The van der Waals surface area contributed by atoms with Crippen LogP contribution in [0.4, 0.5) is 5.69 Å². The average molecular weight is 264 g/mol. The van der Waals surface area contributed by atoms with Crippen LogP contribution in [-0.2, 0) is 0 Å². The molecule has 0 saturated heterocycles. The van der Waals surface area contributed by atoms with Crippen LogP contribution in [0.2, 0.25) is 0 Å². The fourth-order valence-corrected chi connectivity index (χ4v) is 3.26. The molecule has 1 aliphatic rings. The SMILES string of the molecule is CC1(CNc2ccc(C#N)c3ccccc23)CCCC1.